The SMILES string of the molecule is COc1cccc(F)c1C1CC2(C(=O)O)CCC1(NC(=O)c1c(C)c(-c3ccccc3)nc3ccc(Br)cc13)CC2. The minimum absolute atomic E-state index is 0.219. The second-order valence-corrected chi connectivity index (χ2v) is 12.2. The first-order valence-corrected chi connectivity index (χ1v) is 14.5. The normalized spacial score (nSPS) is 23.4. The minimum Gasteiger partial charge on any atom is -0.496 e. The van der Waals surface area contributed by atoms with E-state index in [0.717, 1.165) is 15.6 Å². The molecule has 2 bridgehead atoms. The van der Waals surface area contributed by atoms with Gasteiger partial charge in [-0.1, -0.05) is 52.3 Å². The number of pyridine rings is 1. The molecule has 4 aromatic rings. The summed E-state index contributed by atoms with van der Waals surface area (Å²) in [4.78, 5) is 31.8. The van der Waals surface area contributed by atoms with Crippen molar-refractivity contribution in [2.24, 2.45) is 5.41 Å². The summed E-state index contributed by atoms with van der Waals surface area (Å²) in [5.41, 5.74) is 2.06. The number of carbonyl (C=O) groups is 2. The molecule has 1 amide bonds. The lowest BCUT2D eigenvalue weighted by molar-refractivity contribution is -0.157. The lowest BCUT2D eigenvalue weighted by Gasteiger charge is -2.56. The van der Waals surface area contributed by atoms with Crippen molar-refractivity contribution in [3.05, 3.63) is 93.7 Å². The van der Waals surface area contributed by atoms with Crippen molar-refractivity contribution in [1.82, 2.24) is 10.3 Å². The number of ether oxygens (including phenoxy) is 1. The number of nitrogens with zero attached hydrogens (tertiary/aromatic N) is 1. The lowest BCUT2D eigenvalue weighted by Crippen LogP contribution is -2.62. The zero-order chi connectivity index (χ0) is 28.9. The van der Waals surface area contributed by atoms with Crippen LogP contribution in [0.25, 0.3) is 22.2 Å². The molecule has 0 aliphatic heterocycles. The van der Waals surface area contributed by atoms with Crippen molar-refractivity contribution < 1.29 is 23.8 Å². The summed E-state index contributed by atoms with van der Waals surface area (Å²) in [6.45, 7) is 1.90. The van der Waals surface area contributed by atoms with Crippen LogP contribution in [0.1, 0.15) is 59.5 Å². The maximum Gasteiger partial charge on any atom is 0.309 e. The molecule has 3 aromatic carbocycles. The summed E-state index contributed by atoms with van der Waals surface area (Å²) in [5, 5.41) is 14.3. The van der Waals surface area contributed by atoms with Crippen molar-refractivity contribution in [2.75, 3.05) is 7.11 Å². The molecule has 2 N–H and O–H groups in total. The van der Waals surface area contributed by atoms with Gasteiger partial charge in [-0.2, -0.15) is 0 Å². The monoisotopic (exact) mass is 616 g/mol. The number of aromatic nitrogens is 1. The van der Waals surface area contributed by atoms with Crippen LogP contribution in [0, 0.1) is 18.2 Å². The number of carboxylic acids is 1. The Balaban J connectivity index is 1.50. The molecule has 1 atom stereocenters. The fourth-order valence-electron chi connectivity index (χ4n) is 7.03. The van der Waals surface area contributed by atoms with E-state index in [0.29, 0.717) is 59.2 Å². The number of carbonyl (C=O) groups excluding carboxylic acids is 1. The Morgan fingerprint density at radius 2 is 1.78 bits per heavy atom. The van der Waals surface area contributed by atoms with E-state index >= 15 is 4.39 Å². The van der Waals surface area contributed by atoms with E-state index in [-0.39, 0.29) is 12.3 Å². The molecular formula is C33H30BrFN2O4. The minimum atomic E-state index is -0.963. The van der Waals surface area contributed by atoms with Crippen LogP contribution in [0.2, 0.25) is 0 Å². The van der Waals surface area contributed by atoms with E-state index in [1.807, 2.05) is 55.5 Å². The quantitative estimate of drug-likeness (QED) is 0.235. The first-order chi connectivity index (χ1) is 19.7. The van der Waals surface area contributed by atoms with Crippen LogP contribution in [0.4, 0.5) is 4.39 Å². The summed E-state index contributed by atoms with van der Waals surface area (Å²) < 4.78 is 21.9. The molecule has 3 aliphatic rings. The first-order valence-electron chi connectivity index (χ1n) is 13.7. The molecule has 8 heteroatoms. The maximum atomic E-state index is 15.5. The van der Waals surface area contributed by atoms with Gasteiger partial charge in [0.1, 0.15) is 11.6 Å². The summed E-state index contributed by atoms with van der Waals surface area (Å²) in [5.74, 6) is -1.83. The predicted octanol–water partition coefficient (Wildman–Crippen LogP) is 7.42. The van der Waals surface area contributed by atoms with Crippen molar-refractivity contribution >= 4 is 38.7 Å². The first kappa shape index (κ1) is 27.4. The third-order valence-electron chi connectivity index (χ3n) is 9.22. The molecule has 7 rings (SSSR count). The highest BCUT2D eigenvalue weighted by Crippen LogP contribution is 2.60. The van der Waals surface area contributed by atoms with E-state index in [2.05, 4.69) is 21.2 Å². The molecule has 41 heavy (non-hydrogen) atoms. The van der Waals surface area contributed by atoms with E-state index in [1.165, 1.54) is 13.2 Å². The van der Waals surface area contributed by atoms with Gasteiger partial charge in [-0.15, -0.1) is 0 Å². The highest BCUT2D eigenvalue weighted by molar-refractivity contribution is 9.10. The number of amides is 1. The molecule has 0 spiro atoms. The highest BCUT2D eigenvalue weighted by Gasteiger charge is 2.59. The summed E-state index contributed by atoms with van der Waals surface area (Å²) in [6.07, 6.45) is 1.88. The molecular weight excluding hydrogens is 587 g/mol. The molecule has 0 saturated heterocycles. The van der Waals surface area contributed by atoms with Gasteiger partial charge in [0.2, 0.25) is 0 Å². The average Bonchev–Trinajstić information content (AvgIpc) is 2.97. The van der Waals surface area contributed by atoms with Crippen molar-refractivity contribution in [2.45, 2.75) is 50.5 Å². The number of halogens is 2. The number of hydrogen-bond donors (Lipinski definition) is 2. The van der Waals surface area contributed by atoms with E-state index < -0.39 is 28.7 Å². The molecule has 1 heterocycles. The third-order valence-corrected chi connectivity index (χ3v) is 9.72. The van der Waals surface area contributed by atoms with Crippen molar-refractivity contribution in [1.29, 1.82) is 0 Å². The number of nitrogens with one attached hydrogen (secondary N) is 1. The molecule has 0 radical (unpaired) electrons. The number of fused-ring (bicyclic) bond motifs is 4. The summed E-state index contributed by atoms with van der Waals surface area (Å²) >= 11 is 3.55. The number of aliphatic carboxylic acids is 1. The summed E-state index contributed by atoms with van der Waals surface area (Å²) in [6, 6.07) is 20.0. The van der Waals surface area contributed by atoms with Gasteiger partial charge in [0.15, 0.2) is 0 Å². The Hall–Kier alpha value is -3.78. The smallest absolute Gasteiger partial charge is 0.309 e. The fourth-order valence-corrected chi connectivity index (χ4v) is 7.39. The Bertz CT molecular complexity index is 1680. The van der Waals surface area contributed by atoms with Crippen LogP contribution in [-0.2, 0) is 4.79 Å². The van der Waals surface area contributed by atoms with Crippen molar-refractivity contribution in [3.63, 3.8) is 0 Å². The van der Waals surface area contributed by atoms with Gasteiger partial charge in [0, 0.05) is 32.4 Å². The van der Waals surface area contributed by atoms with Gasteiger partial charge in [-0.3, -0.25) is 9.59 Å². The molecule has 3 aliphatic carbocycles. The number of rotatable bonds is 6. The van der Waals surface area contributed by atoms with Gasteiger partial charge in [-0.05, 0) is 74.9 Å². The fraction of sp³-hybridized carbons (Fsp3) is 0.303. The molecule has 3 saturated carbocycles. The van der Waals surface area contributed by atoms with Crippen LogP contribution in [0.15, 0.2) is 71.2 Å². The van der Waals surface area contributed by atoms with E-state index in [1.54, 1.807) is 12.1 Å². The van der Waals surface area contributed by atoms with Gasteiger partial charge in [0.05, 0.1) is 29.3 Å². The lowest BCUT2D eigenvalue weighted by atomic mass is 9.51. The van der Waals surface area contributed by atoms with Gasteiger partial charge >= 0.3 is 5.97 Å². The molecule has 3 fully saturated rings. The summed E-state index contributed by atoms with van der Waals surface area (Å²) in [7, 11) is 1.48. The van der Waals surface area contributed by atoms with Crippen LogP contribution in [0.3, 0.4) is 0 Å². The molecule has 6 nitrogen and oxygen atoms in total. The second kappa shape index (κ2) is 10.2. The molecule has 210 valence electrons. The Morgan fingerprint density at radius 3 is 2.46 bits per heavy atom. The van der Waals surface area contributed by atoms with E-state index in [9.17, 15) is 14.7 Å². The van der Waals surface area contributed by atoms with Gasteiger partial charge in [-0.25, -0.2) is 9.37 Å². The Kier molecular flexibility index (Phi) is 6.85. The Morgan fingerprint density at radius 1 is 1.05 bits per heavy atom. The van der Waals surface area contributed by atoms with Crippen LogP contribution in [-0.4, -0.2) is 34.6 Å². The van der Waals surface area contributed by atoms with Crippen LogP contribution in [0.5, 0.6) is 5.75 Å². The standard InChI is InChI=1S/C33H30BrFN2O4/c1-19-27(22-17-21(34)11-12-25(22)36-29(19)20-7-4-3-5-8-20)30(38)37-33-15-13-32(14-16-33,31(39)40)18-23(33)28-24(35)9-6-10-26(28)41-2/h3-12,17,23H,13-16,18H2,1-2H3,(H,37,38)(H,39,40). The number of carboxylic acid groups (broad SMARTS) is 1. The second-order valence-electron chi connectivity index (χ2n) is 11.3. The molecule has 1 aromatic heterocycles. The van der Waals surface area contributed by atoms with Crippen LogP contribution < -0.4 is 10.1 Å². The van der Waals surface area contributed by atoms with E-state index in [4.69, 9.17) is 9.72 Å². The number of hydrogen-bond acceptors (Lipinski definition) is 4. The van der Waals surface area contributed by atoms with Gasteiger partial charge < -0.3 is 15.2 Å². The van der Waals surface area contributed by atoms with Crippen LogP contribution >= 0.6 is 15.9 Å². The maximum absolute atomic E-state index is 15.5. The zero-order valence-electron chi connectivity index (χ0n) is 22.8. The topological polar surface area (TPSA) is 88.5 Å². The number of methoxy groups -OCH3 is 1. The molecule has 1 unspecified atom stereocenters. The van der Waals surface area contributed by atoms with Gasteiger partial charge in [0.25, 0.3) is 5.91 Å². The Labute approximate surface area is 246 Å². The predicted molar refractivity (Wildman–Crippen MR) is 159 cm³/mol. The average molecular weight is 618 g/mol. The highest BCUT2D eigenvalue weighted by atomic mass is 79.9. The largest absolute Gasteiger partial charge is 0.496 e. The van der Waals surface area contributed by atoms with Crippen molar-refractivity contribution in [3.8, 4) is 17.0 Å². The zero-order valence-corrected chi connectivity index (χ0v) is 24.4. The number of benzene rings is 3. The third kappa shape index (κ3) is 4.49.